The van der Waals surface area contributed by atoms with Crippen LogP contribution < -0.4 is 0 Å². The van der Waals surface area contributed by atoms with Gasteiger partial charge in [-0.2, -0.15) is 0 Å². The van der Waals surface area contributed by atoms with Gasteiger partial charge < -0.3 is 14.6 Å². The maximum atomic E-state index is 13.2. The summed E-state index contributed by atoms with van der Waals surface area (Å²) in [5.74, 6) is -0.746. The van der Waals surface area contributed by atoms with Crippen molar-refractivity contribution in [3.8, 4) is 5.69 Å². The zero-order valence-electron chi connectivity index (χ0n) is 16.9. The van der Waals surface area contributed by atoms with E-state index in [1.54, 1.807) is 0 Å². The third-order valence-corrected chi connectivity index (χ3v) is 5.67. The van der Waals surface area contributed by atoms with E-state index in [0.717, 1.165) is 41.9 Å². The van der Waals surface area contributed by atoms with Crippen LogP contribution in [0.2, 0.25) is 0 Å². The van der Waals surface area contributed by atoms with Crippen LogP contribution in [-0.4, -0.2) is 64.1 Å². The van der Waals surface area contributed by atoms with Crippen molar-refractivity contribution >= 4 is 11.9 Å². The predicted molar refractivity (Wildman–Crippen MR) is 109 cm³/mol. The van der Waals surface area contributed by atoms with Crippen LogP contribution in [0.1, 0.15) is 41.0 Å². The van der Waals surface area contributed by atoms with Crippen molar-refractivity contribution in [1.29, 1.82) is 0 Å². The molecule has 0 saturated carbocycles. The van der Waals surface area contributed by atoms with Gasteiger partial charge in [-0.15, -0.1) is 0 Å². The number of carbonyl (C=O) groups excluding carboxylic acids is 1. The van der Waals surface area contributed by atoms with Crippen LogP contribution in [0.3, 0.4) is 0 Å². The summed E-state index contributed by atoms with van der Waals surface area (Å²) in [7, 11) is 1.85. The quantitative estimate of drug-likeness (QED) is 0.862. The van der Waals surface area contributed by atoms with Crippen molar-refractivity contribution in [2.24, 2.45) is 0 Å². The molecule has 1 fully saturated rings. The Kier molecular flexibility index (Phi) is 6.19. The minimum atomic E-state index is -0.812. The second kappa shape index (κ2) is 8.61. The van der Waals surface area contributed by atoms with Gasteiger partial charge in [-0.3, -0.25) is 14.5 Å². The molecule has 0 aliphatic carbocycles. The molecule has 1 aliphatic rings. The summed E-state index contributed by atoms with van der Waals surface area (Å²) < 4.78 is 2.12. The summed E-state index contributed by atoms with van der Waals surface area (Å²) >= 11 is 0. The number of likely N-dealkylation sites (N-methyl/N-ethyl adjacent to an activating group) is 1. The van der Waals surface area contributed by atoms with E-state index in [4.69, 9.17) is 5.11 Å². The second-order valence-corrected chi connectivity index (χ2v) is 7.64. The Bertz CT molecular complexity index is 844. The second-order valence-electron chi connectivity index (χ2n) is 7.64. The smallest absolute Gasteiger partial charge is 0.317 e. The lowest BCUT2D eigenvalue weighted by molar-refractivity contribution is -0.138. The summed E-state index contributed by atoms with van der Waals surface area (Å²) in [6.07, 6.45) is 2.60. The van der Waals surface area contributed by atoms with Crippen molar-refractivity contribution in [1.82, 2.24) is 14.4 Å². The van der Waals surface area contributed by atoms with Gasteiger partial charge in [0.2, 0.25) is 0 Å². The molecule has 1 aliphatic heterocycles. The van der Waals surface area contributed by atoms with Crippen LogP contribution in [0.5, 0.6) is 0 Å². The summed E-state index contributed by atoms with van der Waals surface area (Å²) in [6.45, 7) is 5.43. The molecule has 1 amide bonds. The summed E-state index contributed by atoms with van der Waals surface area (Å²) in [4.78, 5) is 28.0. The molecule has 6 heteroatoms. The van der Waals surface area contributed by atoms with E-state index < -0.39 is 5.97 Å². The summed E-state index contributed by atoms with van der Waals surface area (Å²) in [6, 6.07) is 12.2. The van der Waals surface area contributed by atoms with Gasteiger partial charge in [0.15, 0.2) is 0 Å². The zero-order valence-corrected chi connectivity index (χ0v) is 16.9. The van der Waals surface area contributed by atoms with Gasteiger partial charge in [0.05, 0.1) is 12.1 Å². The van der Waals surface area contributed by atoms with Crippen LogP contribution in [0.25, 0.3) is 5.69 Å². The molecule has 150 valence electrons. The molecule has 1 saturated heterocycles. The fraction of sp³-hybridized carbons (Fsp3) is 0.455. The monoisotopic (exact) mass is 383 g/mol. The molecule has 2 heterocycles. The molecule has 28 heavy (non-hydrogen) atoms. The number of rotatable bonds is 5. The third kappa shape index (κ3) is 4.28. The first-order valence-corrected chi connectivity index (χ1v) is 9.84. The largest absolute Gasteiger partial charge is 0.480 e. The maximum absolute atomic E-state index is 13.2. The molecule has 1 atom stereocenters. The number of nitrogens with zero attached hydrogens (tertiary/aromatic N) is 3. The van der Waals surface area contributed by atoms with E-state index in [0.29, 0.717) is 13.1 Å². The number of hydrogen-bond donors (Lipinski definition) is 1. The summed E-state index contributed by atoms with van der Waals surface area (Å²) in [5.41, 5.74) is 3.81. The minimum absolute atomic E-state index is 0.0385. The minimum Gasteiger partial charge on any atom is -0.480 e. The number of carboxylic acid groups (broad SMARTS) is 1. The molecule has 1 N–H and O–H groups in total. The number of likely N-dealkylation sites (tertiary alicyclic amines) is 1. The normalized spacial score (nSPS) is 17.6. The van der Waals surface area contributed by atoms with E-state index in [2.05, 4.69) is 4.57 Å². The van der Waals surface area contributed by atoms with Crippen LogP contribution in [0.4, 0.5) is 0 Å². The maximum Gasteiger partial charge on any atom is 0.317 e. The molecule has 1 aromatic carbocycles. The van der Waals surface area contributed by atoms with E-state index in [1.165, 1.54) is 0 Å². The number of amides is 1. The van der Waals surface area contributed by atoms with Gasteiger partial charge in [-0.1, -0.05) is 18.2 Å². The lowest BCUT2D eigenvalue weighted by Crippen LogP contribution is -2.37. The number of carboxylic acids is 1. The molecule has 0 radical (unpaired) electrons. The lowest BCUT2D eigenvalue weighted by atomic mass is 10.1. The first-order valence-electron chi connectivity index (χ1n) is 9.84. The SMILES string of the molecule is Cc1cc(C(=O)N2CCCC(N(C)CC(=O)O)CC2)c(C)n1-c1ccccc1. The molecule has 0 spiro atoms. The first kappa shape index (κ1) is 20.1. The molecular formula is C22H29N3O3. The standard InChI is InChI=1S/C22H29N3O3/c1-16-14-20(17(2)25(16)19-8-5-4-6-9-19)22(28)24-12-7-10-18(11-13-24)23(3)15-21(26)27/h4-6,8-9,14,18H,7,10-13,15H2,1-3H3,(H,26,27). The summed E-state index contributed by atoms with van der Waals surface area (Å²) in [5, 5.41) is 9.02. The van der Waals surface area contributed by atoms with Crippen molar-refractivity contribution < 1.29 is 14.7 Å². The van der Waals surface area contributed by atoms with Crippen LogP contribution in [-0.2, 0) is 4.79 Å². The average Bonchev–Trinajstić information content (AvgIpc) is 2.84. The molecule has 3 rings (SSSR count). The molecule has 0 bridgehead atoms. The van der Waals surface area contributed by atoms with E-state index in [9.17, 15) is 9.59 Å². The molecule has 1 aromatic heterocycles. The average molecular weight is 383 g/mol. The molecule has 1 unspecified atom stereocenters. The van der Waals surface area contributed by atoms with Gasteiger partial charge in [-0.05, 0) is 58.4 Å². The van der Waals surface area contributed by atoms with Crippen molar-refractivity contribution in [3.05, 3.63) is 53.3 Å². The first-order chi connectivity index (χ1) is 13.4. The number of benzene rings is 1. The van der Waals surface area contributed by atoms with Crippen molar-refractivity contribution in [2.45, 2.75) is 39.2 Å². The topological polar surface area (TPSA) is 65.8 Å². The Labute approximate surface area is 166 Å². The van der Waals surface area contributed by atoms with E-state index in [-0.39, 0.29) is 18.5 Å². The van der Waals surface area contributed by atoms with Crippen molar-refractivity contribution in [2.75, 3.05) is 26.7 Å². The number of para-hydroxylation sites is 1. The Morgan fingerprint density at radius 2 is 1.86 bits per heavy atom. The number of aryl methyl sites for hydroxylation is 1. The highest BCUT2D eigenvalue weighted by Crippen LogP contribution is 2.24. The van der Waals surface area contributed by atoms with Gasteiger partial charge in [0, 0.05) is 36.2 Å². The van der Waals surface area contributed by atoms with Gasteiger partial charge in [0.25, 0.3) is 5.91 Å². The Hall–Kier alpha value is -2.60. The Balaban J connectivity index is 1.75. The highest BCUT2D eigenvalue weighted by atomic mass is 16.4. The number of aromatic nitrogens is 1. The molecular weight excluding hydrogens is 354 g/mol. The van der Waals surface area contributed by atoms with E-state index in [1.807, 2.05) is 67.1 Å². The fourth-order valence-electron chi connectivity index (χ4n) is 4.19. The van der Waals surface area contributed by atoms with Gasteiger partial charge >= 0.3 is 5.97 Å². The zero-order chi connectivity index (χ0) is 20.3. The number of carbonyl (C=O) groups is 2. The number of aliphatic carboxylic acids is 1. The lowest BCUT2D eigenvalue weighted by Gasteiger charge is -2.25. The fourth-order valence-corrected chi connectivity index (χ4v) is 4.19. The van der Waals surface area contributed by atoms with Gasteiger partial charge in [-0.25, -0.2) is 0 Å². The van der Waals surface area contributed by atoms with Crippen LogP contribution in [0, 0.1) is 13.8 Å². The highest BCUT2D eigenvalue weighted by molar-refractivity contribution is 5.96. The van der Waals surface area contributed by atoms with Gasteiger partial charge in [0.1, 0.15) is 0 Å². The highest BCUT2D eigenvalue weighted by Gasteiger charge is 2.26. The number of hydrogen-bond acceptors (Lipinski definition) is 3. The van der Waals surface area contributed by atoms with E-state index >= 15 is 0 Å². The van der Waals surface area contributed by atoms with Crippen LogP contribution >= 0.6 is 0 Å². The predicted octanol–water partition coefficient (Wildman–Crippen LogP) is 3.11. The Morgan fingerprint density at radius 1 is 1.14 bits per heavy atom. The third-order valence-electron chi connectivity index (χ3n) is 5.67. The van der Waals surface area contributed by atoms with Crippen molar-refractivity contribution in [3.63, 3.8) is 0 Å². The Morgan fingerprint density at radius 3 is 2.54 bits per heavy atom. The van der Waals surface area contributed by atoms with Crippen LogP contribution in [0.15, 0.2) is 36.4 Å². The molecule has 2 aromatic rings. The molecule has 6 nitrogen and oxygen atoms in total.